The molecule has 120 valence electrons. The van der Waals surface area contributed by atoms with Crippen molar-refractivity contribution in [1.29, 1.82) is 5.26 Å². The molecule has 1 saturated heterocycles. The van der Waals surface area contributed by atoms with Crippen LogP contribution in [-0.4, -0.2) is 35.2 Å². The van der Waals surface area contributed by atoms with Gasteiger partial charge in [0.15, 0.2) is 0 Å². The fourth-order valence-electron chi connectivity index (χ4n) is 4.14. The van der Waals surface area contributed by atoms with E-state index in [-0.39, 0.29) is 11.5 Å². The molecule has 0 aromatic rings. The molecular formula is C18H32N2O. The van der Waals surface area contributed by atoms with Crippen molar-refractivity contribution in [2.45, 2.75) is 83.8 Å². The third-order valence-electron chi connectivity index (χ3n) is 5.49. The maximum atomic E-state index is 10.3. The molecule has 0 radical (unpaired) electrons. The van der Waals surface area contributed by atoms with Crippen molar-refractivity contribution in [2.75, 3.05) is 13.1 Å². The molecule has 21 heavy (non-hydrogen) atoms. The van der Waals surface area contributed by atoms with Crippen LogP contribution in [0.25, 0.3) is 0 Å². The van der Waals surface area contributed by atoms with Crippen molar-refractivity contribution in [3.8, 4) is 6.07 Å². The molecular weight excluding hydrogens is 260 g/mol. The minimum atomic E-state index is -0.177. The quantitative estimate of drug-likeness (QED) is 0.759. The molecule has 1 aliphatic carbocycles. The molecule has 3 atom stereocenters. The molecule has 0 bridgehead atoms. The minimum Gasteiger partial charge on any atom is -0.393 e. The van der Waals surface area contributed by atoms with Crippen LogP contribution in [0.15, 0.2) is 0 Å². The molecule has 0 aromatic carbocycles. The van der Waals surface area contributed by atoms with E-state index in [4.69, 9.17) is 5.26 Å². The number of unbranched alkanes of at least 4 members (excludes halogenated alkanes) is 1. The minimum absolute atomic E-state index is 0.0677. The lowest BCUT2D eigenvalue weighted by molar-refractivity contribution is 0.0217. The number of nitriles is 1. The summed E-state index contributed by atoms with van der Waals surface area (Å²) in [5, 5.41) is 19.4. The third kappa shape index (κ3) is 4.69. The summed E-state index contributed by atoms with van der Waals surface area (Å²) in [6, 6.07) is 3.00. The lowest BCUT2D eigenvalue weighted by atomic mass is 9.80. The van der Waals surface area contributed by atoms with Crippen LogP contribution < -0.4 is 0 Å². The van der Waals surface area contributed by atoms with Gasteiger partial charge in [0.25, 0.3) is 0 Å². The molecule has 3 heteroatoms. The van der Waals surface area contributed by atoms with Gasteiger partial charge in [0.2, 0.25) is 0 Å². The first-order chi connectivity index (χ1) is 10.0. The zero-order valence-electron chi connectivity index (χ0n) is 13.9. The summed E-state index contributed by atoms with van der Waals surface area (Å²) in [4.78, 5) is 2.62. The van der Waals surface area contributed by atoms with E-state index in [0.29, 0.717) is 12.0 Å². The van der Waals surface area contributed by atoms with Crippen molar-refractivity contribution in [1.82, 2.24) is 4.90 Å². The lowest BCUT2D eigenvalue weighted by Crippen LogP contribution is -2.42. The van der Waals surface area contributed by atoms with Gasteiger partial charge >= 0.3 is 0 Å². The second kappa shape index (κ2) is 7.61. The topological polar surface area (TPSA) is 47.3 Å². The van der Waals surface area contributed by atoms with Crippen LogP contribution in [0.3, 0.4) is 0 Å². The van der Waals surface area contributed by atoms with Gasteiger partial charge < -0.3 is 10.0 Å². The van der Waals surface area contributed by atoms with Crippen LogP contribution in [0.5, 0.6) is 0 Å². The normalized spacial score (nSPS) is 31.2. The summed E-state index contributed by atoms with van der Waals surface area (Å²) in [5.74, 6) is 0.511. The molecule has 1 N–H and O–H groups in total. The highest BCUT2D eigenvalue weighted by molar-refractivity contribution is 4.92. The van der Waals surface area contributed by atoms with Crippen molar-refractivity contribution < 1.29 is 5.11 Å². The summed E-state index contributed by atoms with van der Waals surface area (Å²) in [6.07, 6.45) is 10.5. The van der Waals surface area contributed by atoms with E-state index < -0.39 is 0 Å². The Morgan fingerprint density at radius 3 is 2.62 bits per heavy atom. The van der Waals surface area contributed by atoms with Crippen molar-refractivity contribution in [3.05, 3.63) is 0 Å². The van der Waals surface area contributed by atoms with Gasteiger partial charge in [0.1, 0.15) is 0 Å². The average Bonchev–Trinajstić information content (AvgIpc) is 2.92. The van der Waals surface area contributed by atoms with Crippen LogP contribution in [0, 0.1) is 22.7 Å². The number of likely N-dealkylation sites (tertiary alicyclic amines) is 1. The standard InChI is InChI=1S/C18H32N2O/c1-18(2,14-19)11-5-6-12-20-13-7-9-16(20)15-8-3-4-10-17(15)21/h15-17,21H,3-13H2,1-2H3. The monoisotopic (exact) mass is 292 g/mol. The van der Waals surface area contributed by atoms with E-state index in [0.717, 1.165) is 25.8 Å². The highest BCUT2D eigenvalue weighted by atomic mass is 16.3. The summed E-state index contributed by atoms with van der Waals surface area (Å²) in [5.41, 5.74) is -0.177. The van der Waals surface area contributed by atoms with Crippen molar-refractivity contribution >= 4 is 0 Å². The third-order valence-corrected chi connectivity index (χ3v) is 5.49. The Morgan fingerprint density at radius 1 is 1.14 bits per heavy atom. The zero-order chi connectivity index (χ0) is 15.3. The summed E-state index contributed by atoms with van der Waals surface area (Å²) in [7, 11) is 0. The number of rotatable bonds is 6. The molecule has 1 heterocycles. The number of hydrogen-bond acceptors (Lipinski definition) is 3. The first-order valence-corrected chi connectivity index (χ1v) is 8.87. The van der Waals surface area contributed by atoms with Gasteiger partial charge in [-0.25, -0.2) is 0 Å². The van der Waals surface area contributed by atoms with E-state index in [9.17, 15) is 5.11 Å². The van der Waals surface area contributed by atoms with Gasteiger partial charge in [-0.1, -0.05) is 19.3 Å². The first-order valence-electron chi connectivity index (χ1n) is 8.87. The largest absolute Gasteiger partial charge is 0.393 e. The predicted octanol–water partition coefficient (Wildman–Crippen LogP) is 3.72. The molecule has 2 rings (SSSR count). The predicted molar refractivity (Wildman–Crippen MR) is 85.8 cm³/mol. The Kier molecular flexibility index (Phi) is 6.08. The van der Waals surface area contributed by atoms with Gasteiger partial charge in [-0.05, 0) is 65.5 Å². The number of hydrogen-bond donors (Lipinski definition) is 1. The van der Waals surface area contributed by atoms with Gasteiger partial charge in [-0.2, -0.15) is 5.26 Å². The zero-order valence-corrected chi connectivity index (χ0v) is 13.9. The van der Waals surface area contributed by atoms with Gasteiger partial charge in [-0.15, -0.1) is 0 Å². The van der Waals surface area contributed by atoms with Crippen LogP contribution in [0.2, 0.25) is 0 Å². The summed E-state index contributed by atoms with van der Waals surface area (Å²) < 4.78 is 0. The molecule has 1 aliphatic heterocycles. The van der Waals surface area contributed by atoms with E-state index in [1.54, 1.807) is 0 Å². The summed E-state index contributed by atoms with van der Waals surface area (Å²) >= 11 is 0. The number of aliphatic hydroxyl groups is 1. The molecule has 3 unspecified atom stereocenters. The number of nitrogens with zero attached hydrogens (tertiary/aromatic N) is 2. The molecule has 3 nitrogen and oxygen atoms in total. The van der Waals surface area contributed by atoms with Crippen LogP contribution >= 0.6 is 0 Å². The Hall–Kier alpha value is -0.590. The van der Waals surface area contributed by atoms with Crippen molar-refractivity contribution in [3.63, 3.8) is 0 Å². The molecule has 1 saturated carbocycles. The van der Waals surface area contributed by atoms with Crippen LogP contribution in [0.4, 0.5) is 0 Å². The first kappa shape index (κ1) is 16.8. The van der Waals surface area contributed by atoms with E-state index in [1.165, 1.54) is 45.1 Å². The van der Waals surface area contributed by atoms with Crippen LogP contribution in [-0.2, 0) is 0 Å². The van der Waals surface area contributed by atoms with Gasteiger partial charge in [-0.3, -0.25) is 0 Å². The summed E-state index contributed by atoms with van der Waals surface area (Å²) in [6.45, 7) is 6.42. The highest BCUT2D eigenvalue weighted by Crippen LogP contribution is 2.34. The molecule has 0 amide bonds. The Labute approximate surface area is 130 Å². The SMILES string of the molecule is CC(C)(C#N)CCCCN1CCCC1C1CCCCC1O. The highest BCUT2D eigenvalue weighted by Gasteiger charge is 2.36. The molecule has 0 aromatic heterocycles. The Bertz CT molecular complexity index is 361. The molecule has 2 fully saturated rings. The van der Waals surface area contributed by atoms with Crippen molar-refractivity contribution in [2.24, 2.45) is 11.3 Å². The molecule has 2 aliphatic rings. The van der Waals surface area contributed by atoms with E-state index in [2.05, 4.69) is 11.0 Å². The van der Waals surface area contributed by atoms with E-state index in [1.807, 2.05) is 13.8 Å². The Balaban J connectivity index is 1.76. The smallest absolute Gasteiger partial charge is 0.0683 e. The fraction of sp³-hybridized carbons (Fsp3) is 0.944. The second-order valence-corrected chi connectivity index (χ2v) is 7.71. The van der Waals surface area contributed by atoms with Gasteiger partial charge in [0.05, 0.1) is 17.6 Å². The second-order valence-electron chi connectivity index (χ2n) is 7.71. The van der Waals surface area contributed by atoms with Crippen LogP contribution in [0.1, 0.15) is 71.6 Å². The van der Waals surface area contributed by atoms with E-state index >= 15 is 0 Å². The molecule has 0 spiro atoms. The lowest BCUT2D eigenvalue weighted by Gasteiger charge is -2.37. The Morgan fingerprint density at radius 2 is 1.90 bits per heavy atom. The fourth-order valence-corrected chi connectivity index (χ4v) is 4.14. The average molecular weight is 292 g/mol. The maximum absolute atomic E-state index is 10.3. The number of aliphatic hydroxyl groups excluding tert-OH is 1. The van der Waals surface area contributed by atoms with Gasteiger partial charge in [0, 0.05) is 12.0 Å². The maximum Gasteiger partial charge on any atom is 0.0683 e.